The molecule has 0 amide bonds. The van der Waals surface area contributed by atoms with Crippen LogP contribution >= 0.6 is 0 Å². The third-order valence-electron chi connectivity index (χ3n) is 3.77. The van der Waals surface area contributed by atoms with Crippen molar-refractivity contribution in [2.24, 2.45) is 0 Å². The van der Waals surface area contributed by atoms with Crippen molar-refractivity contribution < 1.29 is 13.3 Å². The highest BCUT2D eigenvalue weighted by Crippen LogP contribution is 2.23. The van der Waals surface area contributed by atoms with E-state index in [1.807, 2.05) is 0 Å². The molecule has 0 aliphatic rings. The van der Waals surface area contributed by atoms with E-state index in [-0.39, 0.29) is 0 Å². The van der Waals surface area contributed by atoms with Crippen LogP contribution in [0.2, 0.25) is 0 Å². The molecule has 0 bridgehead atoms. The highest BCUT2D eigenvalue weighted by molar-refractivity contribution is 6.89. The Morgan fingerprint density at radius 3 is 0.680 bits per heavy atom. The first-order chi connectivity index (χ1) is 11.8. The molecule has 0 unspecified atom stereocenters. The lowest BCUT2D eigenvalue weighted by Gasteiger charge is -2.36. The number of hydrogen-bond acceptors (Lipinski definition) is 3. The molecule has 0 saturated heterocycles. The van der Waals surface area contributed by atoms with E-state index in [1.54, 1.807) is 51.3 Å². The van der Waals surface area contributed by atoms with Gasteiger partial charge < -0.3 is 13.3 Å². The van der Waals surface area contributed by atoms with E-state index >= 15 is 0 Å². The molecule has 0 heterocycles. The summed E-state index contributed by atoms with van der Waals surface area (Å²) in [6, 6.07) is 0. The molecule has 0 saturated carbocycles. The quantitative estimate of drug-likeness (QED) is 0.301. The molecule has 3 nitrogen and oxygen atoms in total. The zero-order valence-electron chi connectivity index (χ0n) is 14.9. The van der Waals surface area contributed by atoms with Crippen LogP contribution in [0.25, 0.3) is 0 Å². The lowest BCUT2D eigenvalue weighted by molar-refractivity contribution is -0.151. The average Bonchev–Trinajstić information content (AvgIpc) is 2.68. The molecular weight excluding hydrogens is 360 g/mol. The Hall–Kier alpha value is -1.81. The van der Waals surface area contributed by atoms with Crippen molar-refractivity contribution in [3.8, 4) is 0 Å². The van der Waals surface area contributed by atoms with E-state index in [1.165, 1.54) is 0 Å². The van der Waals surface area contributed by atoms with Gasteiger partial charge in [-0.3, -0.25) is 0 Å². The molecule has 0 aliphatic carbocycles. The first-order valence-electron chi connectivity index (χ1n) is 7.59. The number of hydrogen-bond donors (Lipinski definition) is 0. The van der Waals surface area contributed by atoms with Crippen LogP contribution < -0.4 is 0 Å². The third-order valence-corrected chi connectivity index (χ3v) is 11.3. The Bertz CT molecular complexity index is 434. The summed E-state index contributed by atoms with van der Waals surface area (Å²) < 4.78 is 18.4. The lowest BCUT2D eigenvalue weighted by atomic mass is 11.2. The molecule has 0 radical (unpaired) electrons. The summed E-state index contributed by atoms with van der Waals surface area (Å²) in [5.41, 5.74) is 15.2. The minimum Gasteiger partial charge on any atom is -0.361 e. The zero-order valence-corrected chi connectivity index (χ0v) is 17.9. The number of rotatable bonds is 15. The van der Waals surface area contributed by atoms with Crippen molar-refractivity contribution in [3.63, 3.8) is 0 Å². The summed E-state index contributed by atoms with van der Waals surface area (Å²) in [7, 11) is -8.03. The maximum atomic E-state index is 6.13. The van der Waals surface area contributed by atoms with Gasteiger partial charge in [0.15, 0.2) is 0 Å². The van der Waals surface area contributed by atoms with E-state index in [2.05, 4.69) is 59.2 Å². The molecule has 0 aromatic carbocycles. The van der Waals surface area contributed by atoms with Crippen molar-refractivity contribution in [1.82, 2.24) is 0 Å². The smallest absolute Gasteiger partial charge is 0.271 e. The van der Waals surface area contributed by atoms with Crippen LogP contribution in [-0.2, 0) is 13.3 Å². The SMILES string of the molecule is C=C[Si](C=C)(C=C)OC(O[Si](C=C)(C=C)C=C)O[Si](C=C)(C=C)C=C. The topological polar surface area (TPSA) is 27.7 Å². The van der Waals surface area contributed by atoms with Gasteiger partial charge >= 0.3 is 0 Å². The monoisotopic (exact) mass is 388 g/mol. The molecule has 0 aliphatic heterocycles. The van der Waals surface area contributed by atoms with Crippen LogP contribution in [0.3, 0.4) is 0 Å². The van der Waals surface area contributed by atoms with E-state index in [4.69, 9.17) is 13.3 Å². The highest BCUT2D eigenvalue weighted by Gasteiger charge is 2.38. The summed E-state index contributed by atoms with van der Waals surface area (Å²) in [5, 5.41) is 0. The fraction of sp³-hybridized carbons (Fsp3) is 0.0526. The summed E-state index contributed by atoms with van der Waals surface area (Å²) in [6.45, 7) is 33.4. The third kappa shape index (κ3) is 5.60. The normalized spacial score (nSPS) is 11.9. The summed E-state index contributed by atoms with van der Waals surface area (Å²) in [5.74, 6) is 0. The van der Waals surface area contributed by atoms with E-state index in [0.29, 0.717) is 0 Å². The van der Waals surface area contributed by atoms with Gasteiger partial charge in [0, 0.05) is 0 Å². The van der Waals surface area contributed by atoms with Crippen LogP contribution in [0.4, 0.5) is 0 Å². The molecule has 25 heavy (non-hydrogen) atoms. The Morgan fingerprint density at radius 2 is 0.560 bits per heavy atom. The van der Waals surface area contributed by atoms with Crippen LogP contribution in [0, 0.1) is 0 Å². The molecule has 0 aromatic rings. The standard InChI is InChI=1S/C19H28O3Si3/c1-10-23(11-2,12-3)20-19(21-24(13-4,14-5)15-6)22-25(16-7,17-8)18-9/h10-19H,1-9H2. The van der Waals surface area contributed by atoms with E-state index < -0.39 is 31.4 Å². The minimum atomic E-state index is -2.68. The first-order valence-corrected chi connectivity index (χ1v) is 14.0. The largest absolute Gasteiger partial charge is 0.361 e. The van der Waals surface area contributed by atoms with Gasteiger partial charge in [0.2, 0.25) is 6.48 Å². The van der Waals surface area contributed by atoms with Gasteiger partial charge in [-0.2, -0.15) is 0 Å². The van der Waals surface area contributed by atoms with Crippen molar-refractivity contribution in [2.75, 3.05) is 0 Å². The van der Waals surface area contributed by atoms with Gasteiger partial charge in [-0.15, -0.1) is 59.2 Å². The van der Waals surface area contributed by atoms with Gasteiger partial charge in [0.1, 0.15) is 0 Å². The Kier molecular flexibility index (Phi) is 9.50. The van der Waals surface area contributed by atoms with E-state index in [9.17, 15) is 0 Å². The van der Waals surface area contributed by atoms with Gasteiger partial charge in [-0.1, -0.05) is 51.3 Å². The van der Waals surface area contributed by atoms with Crippen molar-refractivity contribution >= 4 is 25.0 Å². The minimum absolute atomic E-state index is 1.05. The molecule has 0 spiro atoms. The van der Waals surface area contributed by atoms with Crippen molar-refractivity contribution in [3.05, 3.63) is 111 Å². The van der Waals surface area contributed by atoms with Gasteiger partial charge in [0.25, 0.3) is 25.0 Å². The van der Waals surface area contributed by atoms with Crippen LogP contribution in [-0.4, -0.2) is 31.4 Å². The Morgan fingerprint density at radius 1 is 0.400 bits per heavy atom. The van der Waals surface area contributed by atoms with Crippen molar-refractivity contribution in [1.29, 1.82) is 0 Å². The predicted molar refractivity (Wildman–Crippen MR) is 116 cm³/mol. The fourth-order valence-corrected chi connectivity index (χ4v) is 5.70. The maximum absolute atomic E-state index is 6.13. The molecule has 0 aromatic heterocycles. The summed E-state index contributed by atoms with van der Waals surface area (Å²) >= 11 is 0. The zero-order chi connectivity index (χ0) is 19.6. The second kappa shape index (κ2) is 10.2. The predicted octanol–water partition coefficient (Wildman–Crippen LogP) is 4.68. The lowest BCUT2D eigenvalue weighted by Crippen LogP contribution is -2.49. The molecule has 0 rings (SSSR count). The summed E-state index contributed by atoms with van der Waals surface area (Å²) in [6.07, 6.45) is 0. The van der Waals surface area contributed by atoms with Crippen LogP contribution in [0.1, 0.15) is 0 Å². The van der Waals surface area contributed by atoms with Gasteiger partial charge in [0.05, 0.1) is 0 Å². The van der Waals surface area contributed by atoms with Crippen molar-refractivity contribution in [2.45, 2.75) is 6.48 Å². The highest BCUT2D eigenvalue weighted by atomic mass is 28.4. The van der Waals surface area contributed by atoms with Gasteiger partial charge in [-0.25, -0.2) is 0 Å². The second-order valence-corrected chi connectivity index (χ2v) is 14.5. The molecule has 0 N–H and O–H groups in total. The molecular formula is C19H28O3Si3. The molecule has 134 valence electrons. The van der Waals surface area contributed by atoms with Gasteiger partial charge in [-0.05, 0) is 0 Å². The molecule has 0 fully saturated rings. The first kappa shape index (κ1) is 23.2. The maximum Gasteiger partial charge on any atom is 0.271 e. The van der Waals surface area contributed by atoms with Crippen LogP contribution in [0.15, 0.2) is 111 Å². The summed E-state index contributed by atoms with van der Waals surface area (Å²) in [4.78, 5) is 0. The average molecular weight is 389 g/mol. The molecule has 6 heteroatoms. The Balaban J connectivity index is 5.99. The second-order valence-electron chi connectivity index (χ2n) is 5.04. The van der Waals surface area contributed by atoms with E-state index in [0.717, 1.165) is 0 Å². The Labute approximate surface area is 155 Å². The fourth-order valence-electron chi connectivity index (χ4n) is 1.76. The molecule has 0 atom stereocenters. The van der Waals surface area contributed by atoms with Crippen LogP contribution in [0.5, 0.6) is 0 Å².